The van der Waals surface area contributed by atoms with Gasteiger partial charge in [0.15, 0.2) is 5.60 Å². The van der Waals surface area contributed by atoms with Gasteiger partial charge in [0, 0.05) is 33.7 Å². The third-order valence-corrected chi connectivity index (χ3v) is 11.0. The topological polar surface area (TPSA) is 80.5 Å². The van der Waals surface area contributed by atoms with Crippen molar-refractivity contribution in [3.8, 4) is 0 Å². The molecule has 2 aliphatic rings. The molecule has 1 amide bonds. The molecule has 0 radical (unpaired) electrons. The van der Waals surface area contributed by atoms with E-state index in [4.69, 9.17) is 4.74 Å². The number of aliphatic hydroxyl groups excluding tert-OH is 1. The van der Waals surface area contributed by atoms with E-state index in [1.165, 1.54) is 0 Å². The summed E-state index contributed by atoms with van der Waals surface area (Å²) in [7, 11) is -3.25. The quantitative estimate of drug-likeness (QED) is 0.154. The van der Waals surface area contributed by atoms with Crippen molar-refractivity contribution in [2.24, 2.45) is 5.92 Å². The molecule has 0 aliphatic carbocycles. The fourth-order valence-corrected chi connectivity index (χ4v) is 9.25. The summed E-state index contributed by atoms with van der Waals surface area (Å²) in [6.07, 6.45) is 2.53. The van der Waals surface area contributed by atoms with E-state index in [1.54, 1.807) is 34.9 Å². The van der Waals surface area contributed by atoms with Gasteiger partial charge in [-0.3, -0.25) is 9.48 Å². The molecule has 0 bridgehead atoms. The van der Waals surface area contributed by atoms with Gasteiger partial charge in [0.2, 0.25) is 8.41 Å². The van der Waals surface area contributed by atoms with Crippen LogP contribution in [0.15, 0.2) is 67.4 Å². The molecular weight excluding hydrogens is 614 g/mol. The SMILES string of the molecule is C=CCN1C(=O)[C@@]2(O[C@@H](CCn3cc([C@H](O)c4ccccc4)nn3)[C@H]([Si](C)(C)F)[C@H]2C)c2cc(I)ccc21. The largest absolute Gasteiger partial charge is 0.382 e. The minimum absolute atomic E-state index is 0.151. The fourth-order valence-electron chi connectivity index (χ4n) is 6.21. The van der Waals surface area contributed by atoms with Crippen molar-refractivity contribution in [2.75, 3.05) is 11.4 Å². The lowest BCUT2D eigenvalue weighted by atomic mass is 9.82. The van der Waals surface area contributed by atoms with Crippen LogP contribution in [0.2, 0.25) is 18.6 Å². The minimum Gasteiger partial charge on any atom is -0.382 e. The second kappa shape index (κ2) is 10.3. The highest BCUT2D eigenvalue weighted by atomic mass is 127. The first kappa shape index (κ1) is 27.2. The Balaban J connectivity index is 1.43. The van der Waals surface area contributed by atoms with Crippen LogP contribution in [0.5, 0.6) is 0 Å². The predicted molar refractivity (Wildman–Crippen MR) is 155 cm³/mol. The molecule has 1 saturated heterocycles. The molecule has 10 heteroatoms. The molecule has 1 N–H and O–H groups in total. The van der Waals surface area contributed by atoms with E-state index >= 15 is 4.11 Å². The van der Waals surface area contributed by atoms with Crippen LogP contribution in [0.4, 0.5) is 9.80 Å². The van der Waals surface area contributed by atoms with Crippen LogP contribution in [0, 0.1) is 9.49 Å². The summed E-state index contributed by atoms with van der Waals surface area (Å²) in [5, 5.41) is 19.0. The Morgan fingerprint density at radius 2 is 2.03 bits per heavy atom. The molecule has 1 aromatic heterocycles. The lowest BCUT2D eigenvalue weighted by Crippen LogP contribution is -2.45. The number of ether oxygens (including phenoxy) is 1. The first-order chi connectivity index (χ1) is 18.1. The third kappa shape index (κ3) is 4.54. The zero-order chi connectivity index (χ0) is 27.2. The van der Waals surface area contributed by atoms with Crippen molar-refractivity contribution in [1.29, 1.82) is 0 Å². The van der Waals surface area contributed by atoms with Crippen LogP contribution in [0.25, 0.3) is 0 Å². The van der Waals surface area contributed by atoms with Crippen molar-refractivity contribution in [3.63, 3.8) is 0 Å². The summed E-state index contributed by atoms with van der Waals surface area (Å²) in [6.45, 7) is 9.97. The number of carbonyl (C=O) groups is 1. The van der Waals surface area contributed by atoms with E-state index in [1.807, 2.05) is 55.5 Å². The lowest BCUT2D eigenvalue weighted by molar-refractivity contribution is -0.145. The molecule has 0 saturated carbocycles. The Kier molecular flexibility index (Phi) is 7.35. The maximum absolute atomic E-state index is 15.9. The Hall–Kier alpha value is -2.41. The summed E-state index contributed by atoms with van der Waals surface area (Å²) in [5.74, 6) is -0.494. The lowest BCUT2D eigenvalue weighted by Gasteiger charge is -2.31. The van der Waals surface area contributed by atoms with Gasteiger partial charge in [0.25, 0.3) is 5.91 Å². The Bertz CT molecular complexity index is 1350. The molecule has 1 spiro atoms. The van der Waals surface area contributed by atoms with Crippen molar-refractivity contribution in [1.82, 2.24) is 15.0 Å². The first-order valence-corrected chi connectivity index (χ1v) is 16.8. The maximum Gasteiger partial charge on any atom is 0.264 e. The Morgan fingerprint density at radius 3 is 2.71 bits per heavy atom. The van der Waals surface area contributed by atoms with Crippen molar-refractivity contribution >= 4 is 42.6 Å². The average molecular weight is 647 g/mol. The second-order valence-corrected chi connectivity index (χ2v) is 15.7. The maximum atomic E-state index is 15.9. The third-order valence-electron chi connectivity index (χ3n) is 7.83. The summed E-state index contributed by atoms with van der Waals surface area (Å²) in [5.41, 5.74) is 1.16. The van der Waals surface area contributed by atoms with Crippen LogP contribution >= 0.6 is 22.6 Å². The molecule has 200 valence electrons. The van der Waals surface area contributed by atoms with Gasteiger partial charge in [0.1, 0.15) is 11.8 Å². The number of aryl methyl sites for hydroxylation is 1. The number of rotatable bonds is 8. The van der Waals surface area contributed by atoms with E-state index < -0.39 is 31.8 Å². The molecular formula is C28H32FIN4O3Si. The average Bonchev–Trinajstić information content (AvgIpc) is 3.54. The smallest absolute Gasteiger partial charge is 0.264 e. The number of hydrogen-bond acceptors (Lipinski definition) is 5. The Morgan fingerprint density at radius 1 is 1.29 bits per heavy atom. The number of anilines is 1. The van der Waals surface area contributed by atoms with Gasteiger partial charge in [-0.15, -0.1) is 11.7 Å². The summed E-state index contributed by atoms with van der Waals surface area (Å²) in [6, 6.07) is 15.2. The van der Waals surface area contributed by atoms with Crippen LogP contribution in [-0.4, -0.2) is 47.1 Å². The van der Waals surface area contributed by atoms with Crippen LogP contribution in [0.1, 0.15) is 36.3 Å². The summed E-state index contributed by atoms with van der Waals surface area (Å²) < 4.78 is 25.3. The van der Waals surface area contributed by atoms with Crippen molar-refractivity contribution < 1.29 is 18.7 Å². The monoisotopic (exact) mass is 646 g/mol. The van der Waals surface area contributed by atoms with Gasteiger partial charge in [-0.25, -0.2) is 0 Å². The van der Waals surface area contributed by atoms with Crippen LogP contribution in [-0.2, 0) is 21.7 Å². The van der Waals surface area contributed by atoms with E-state index in [0.29, 0.717) is 25.2 Å². The van der Waals surface area contributed by atoms with E-state index in [-0.39, 0.29) is 11.8 Å². The van der Waals surface area contributed by atoms with Crippen molar-refractivity contribution in [3.05, 3.63) is 87.8 Å². The first-order valence-electron chi connectivity index (χ1n) is 12.8. The molecule has 3 heterocycles. The number of hydrogen-bond donors (Lipinski definition) is 1. The normalized spacial score (nSPS) is 25.7. The van der Waals surface area contributed by atoms with Crippen LogP contribution in [0.3, 0.4) is 0 Å². The highest BCUT2D eigenvalue weighted by Gasteiger charge is 2.66. The fraction of sp³-hybridized carbons (Fsp3) is 0.393. The van der Waals surface area contributed by atoms with Gasteiger partial charge >= 0.3 is 0 Å². The predicted octanol–water partition coefficient (Wildman–Crippen LogP) is 5.36. The van der Waals surface area contributed by atoms with Crippen LogP contribution < -0.4 is 4.90 Å². The minimum atomic E-state index is -3.25. The highest BCUT2D eigenvalue weighted by molar-refractivity contribution is 14.1. The van der Waals surface area contributed by atoms with E-state index in [0.717, 1.165) is 20.4 Å². The number of benzene rings is 2. The molecule has 7 nitrogen and oxygen atoms in total. The number of halogens is 2. The summed E-state index contributed by atoms with van der Waals surface area (Å²) >= 11 is 2.24. The highest BCUT2D eigenvalue weighted by Crippen LogP contribution is 2.60. The zero-order valence-corrected chi connectivity index (χ0v) is 24.9. The number of aliphatic hydroxyl groups is 1. The van der Waals surface area contributed by atoms with E-state index in [9.17, 15) is 9.90 Å². The number of carbonyl (C=O) groups excluding carboxylic acids is 1. The van der Waals surface area contributed by atoms with Gasteiger partial charge in [-0.2, -0.15) is 0 Å². The molecule has 5 atom stereocenters. The number of amides is 1. The molecule has 38 heavy (non-hydrogen) atoms. The van der Waals surface area contributed by atoms with Crippen molar-refractivity contribution in [2.45, 2.75) is 56.3 Å². The number of nitrogens with zero attached hydrogens (tertiary/aromatic N) is 4. The van der Waals surface area contributed by atoms with Gasteiger partial charge in [-0.1, -0.05) is 48.5 Å². The molecule has 3 aromatic rings. The molecule has 1 fully saturated rings. The number of fused-ring (bicyclic) bond motifs is 2. The molecule has 5 rings (SSSR count). The molecule has 2 aliphatic heterocycles. The van der Waals surface area contributed by atoms with Gasteiger partial charge in [-0.05, 0) is 65.9 Å². The molecule has 2 aromatic carbocycles. The summed E-state index contributed by atoms with van der Waals surface area (Å²) in [4.78, 5) is 15.7. The van der Waals surface area contributed by atoms with Gasteiger partial charge in [0.05, 0.1) is 18.0 Å². The zero-order valence-electron chi connectivity index (χ0n) is 21.7. The standard InChI is InChI=1S/C28H32FIN4O3Si/c1-5-14-34-23-12-11-20(30)16-21(23)28(27(34)36)18(2)26(38(3,4)29)24(37-28)13-15-33-17-22(31-32-33)25(35)19-9-7-6-8-10-19/h5-12,16-18,24-26,35H,1,13-15H2,2-4H3/t18-,24+,25-,26-,28+/m1/s1. The molecule has 0 unspecified atom stereocenters. The number of aromatic nitrogens is 3. The van der Waals surface area contributed by atoms with E-state index in [2.05, 4.69) is 39.5 Å². The van der Waals surface area contributed by atoms with Gasteiger partial charge < -0.3 is 18.9 Å². The second-order valence-electron chi connectivity index (χ2n) is 10.6. The Labute approximate surface area is 237 Å².